The van der Waals surface area contributed by atoms with Gasteiger partial charge in [0.1, 0.15) is 9.92 Å². The molecule has 0 bridgehead atoms. The number of thiazole rings is 1. The summed E-state index contributed by atoms with van der Waals surface area (Å²) in [4.78, 5) is 28.6. The van der Waals surface area contributed by atoms with Crippen molar-refractivity contribution in [1.82, 2.24) is 20.3 Å². The molecule has 32 heavy (non-hydrogen) atoms. The minimum Gasteiger partial charge on any atom is -0.451 e. The quantitative estimate of drug-likeness (QED) is 0.414. The standard InChI is InChI=1S/C23H23N5O2S2/c1-15-13-31-23(26-15)32-14-18-17-7-2-3-8-19(17)30-20(18)21(29)27-16-6-4-11-28(12-16)22-24-9-5-10-25-22/h2-3,5,7-10,13,16H,4,6,11-12,14H2,1H3,(H,27,29). The monoisotopic (exact) mass is 465 g/mol. The maximum Gasteiger partial charge on any atom is 0.287 e. The number of aromatic nitrogens is 3. The predicted molar refractivity (Wildman–Crippen MR) is 127 cm³/mol. The van der Waals surface area contributed by atoms with Crippen molar-refractivity contribution in [2.45, 2.75) is 35.9 Å². The van der Waals surface area contributed by atoms with E-state index in [4.69, 9.17) is 4.42 Å². The lowest BCUT2D eigenvalue weighted by Crippen LogP contribution is -2.48. The molecule has 1 fully saturated rings. The number of amides is 1. The van der Waals surface area contributed by atoms with E-state index in [0.29, 0.717) is 24.0 Å². The van der Waals surface area contributed by atoms with E-state index in [-0.39, 0.29) is 11.9 Å². The Balaban J connectivity index is 1.34. The van der Waals surface area contributed by atoms with Crippen LogP contribution in [0.25, 0.3) is 11.0 Å². The molecule has 5 rings (SSSR count). The van der Waals surface area contributed by atoms with Gasteiger partial charge < -0.3 is 14.6 Å². The summed E-state index contributed by atoms with van der Waals surface area (Å²) in [5.74, 6) is 1.54. The Morgan fingerprint density at radius 3 is 2.94 bits per heavy atom. The van der Waals surface area contributed by atoms with Gasteiger partial charge in [-0.2, -0.15) is 0 Å². The molecule has 0 radical (unpaired) electrons. The first-order valence-electron chi connectivity index (χ1n) is 10.6. The number of nitrogens with one attached hydrogen (secondary N) is 1. The highest BCUT2D eigenvalue weighted by atomic mass is 32.2. The molecule has 9 heteroatoms. The van der Waals surface area contributed by atoms with Crippen molar-refractivity contribution < 1.29 is 9.21 Å². The fourth-order valence-electron chi connectivity index (χ4n) is 3.94. The summed E-state index contributed by atoms with van der Waals surface area (Å²) in [7, 11) is 0. The molecule has 1 aliphatic rings. The van der Waals surface area contributed by atoms with Crippen molar-refractivity contribution in [2.75, 3.05) is 18.0 Å². The molecule has 1 amide bonds. The number of piperidine rings is 1. The molecule has 1 aromatic carbocycles. The Labute approximate surface area is 194 Å². The Hall–Kier alpha value is -2.91. The molecule has 1 N–H and O–H groups in total. The summed E-state index contributed by atoms with van der Waals surface area (Å²) in [6.45, 7) is 3.55. The molecule has 4 heterocycles. The first kappa shape index (κ1) is 21.0. The number of aryl methyl sites for hydroxylation is 1. The van der Waals surface area contributed by atoms with E-state index >= 15 is 0 Å². The molecule has 1 saturated heterocycles. The Morgan fingerprint density at radius 1 is 1.28 bits per heavy atom. The summed E-state index contributed by atoms with van der Waals surface area (Å²) in [6, 6.07) is 9.63. The minimum absolute atomic E-state index is 0.00961. The van der Waals surface area contributed by atoms with Crippen LogP contribution in [0.2, 0.25) is 0 Å². The smallest absolute Gasteiger partial charge is 0.287 e. The van der Waals surface area contributed by atoms with Crippen LogP contribution in [0.5, 0.6) is 0 Å². The van der Waals surface area contributed by atoms with Gasteiger partial charge in [0.15, 0.2) is 5.76 Å². The normalized spacial score (nSPS) is 16.4. The number of fused-ring (bicyclic) bond motifs is 1. The number of para-hydroxylation sites is 1. The van der Waals surface area contributed by atoms with E-state index in [0.717, 1.165) is 46.0 Å². The van der Waals surface area contributed by atoms with Crippen molar-refractivity contribution in [1.29, 1.82) is 0 Å². The number of carbonyl (C=O) groups is 1. The molecule has 1 unspecified atom stereocenters. The highest BCUT2D eigenvalue weighted by molar-refractivity contribution is 8.00. The van der Waals surface area contributed by atoms with E-state index in [9.17, 15) is 4.79 Å². The van der Waals surface area contributed by atoms with Crippen LogP contribution in [0.1, 0.15) is 34.7 Å². The molecule has 0 saturated carbocycles. The fraction of sp³-hybridized carbons (Fsp3) is 0.304. The summed E-state index contributed by atoms with van der Waals surface area (Å²) in [5, 5.41) is 6.20. The molecule has 164 valence electrons. The third kappa shape index (κ3) is 4.49. The third-order valence-electron chi connectivity index (χ3n) is 5.43. The van der Waals surface area contributed by atoms with E-state index < -0.39 is 0 Å². The molecule has 3 aromatic heterocycles. The first-order valence-corrected chi connectivity index (χ1v) is 12.4. The van der Waals surface area contributed by atoms with Crippen molar-refractivity contribution in [3.05, 3.63) is 65.1 Å². The van der Waals surface area contributed by atoms with Gasteiger partial charge in [0.25, 0.3) is 5.91 Å². The lowest BCUT2D eigenvalue weighted by molar-refractivity contribution is 0.0906. The van der Waals surface area contributed by atoms with Crippen LogP contribution in [0, 0.1) is 6.92 Å². The van der Waals surface area contributed by atoms with Gasteiger partial charge in [-0.15, -0.1) is 11.3 Å². The first-order chi connectivity index (χ1) is 15.7. The highest BCUT2D eigenvalue weighted by Crippen LogP contribution is 2.33. The lowest BCUT2D eigenvalue weighted by Gasteiger charge is -2.32. The van der Waals surface area contributed by atoms with Gasteiger partial charge >= 0.3 is 0 Å². The lowest BCUT2D eigenvalue weighted by atomic mass is 10.1. The maximum absolute atomic E-state index is 13.3. The number of nitrogens with zero attached hydrogens (tertiary/aromatic N) is 4. The van der Waals surface area contributed by atoms with Crippen LogP contribution in [0.3, 0.4) is 0 Å². The van der Waals surface area contributed by atoms with Gasteiger partial charge in [0, 0.05) is 59.3 Å². The second kappa shape index (κ2) is 9.30. The minimum atomic E-state index is -0.173. The number of thioether (sulfide) groups is 1. The van der Waals surface area contributed by atoms with Crippen LogP contribution in [-0.4, -0.2) is 40.0 Å². The average Bonchev–Trinajstić information content (AvgIpc) is 3.41. The van der Waals surface area contributed by atoms with Gasteiger partial charge in [0.05, 0.1) is 0 Å². The molecular weight excluding hydrogens is 442 g/mol. The van der Waals surface area contributed by atoms with Gasteiger partial charge in [-0.05, 0) is 31.9 Å². The van der Waals surface area contributed by atoms with Crippen LogP contribution in [0.4, 0.5) is 5.95 Å². The summed E-state index contributed by atoms with van der Waals surface area (Å²) in [5.41, 5.74) is 2.65. The number of carbonyl (C=O) groups excluding carboxylic acids is 1. The summed E-state index contributed by atoms with van der Waals surface area (Å²) >= 11 is 3.25. The molecule has 0 spiro atoms. The topological polar surface area (TPSA) is 84.2 Å². The highest BCUT2D eigenvalue weighted by Gasteiger charge is 2.27. The zero-order valence-corrected chi connectivity index (χ0v) is 19.3. The Bertz CT molecular complexity index is 1220. The maximum atomic E-state index is 13.3. The summed E-state index contributed by atoms with van der Waals surface area (Å²) < 4.78 is 7.02. The second-order valence-electron chi connectivity index (χ2n) is 7.76. The second-order valence-corrected chi connectivity index (χ2v) is 9.84. The van der Waals surface area contributed by atoms with Gasteiger partial charge in [-0.3, -0.25) is 4.79 Å². The molecule has 7 nitrogen and oxygen atoms in total. The van der Waals surface area contributed by atoms with Crippen LogP contribution in [0.15, 0.2) is 56.9 Å². The molecule has 4 aromatic rings. The van der Waals surface area contributed by atoms with Crippen LogP contribution >= 0.6 is 23.1 Å². The van der Waals surface area contributed by atoms with Crippen LogP contribution < -0.4 is 10.2 Å². The number of anilines is 1. The SMILES string of the molecule is Cc1csc(SCc2c(C(=O)NC3CCCN(c4ncccn4)C3)oc3ccccc23)n1. The molecular formula is C23H23N5O2S2. The third-order valence-corrected chi connectivity index (χ3v) is 7.60. The molecule has 1 aliphatic heterocycles. The van der Waals surface area contributed by atoms with Crippen molar-refractivity contribution in [2.24, 2.45) is 0 Å². The van der Waals surface area contributed by atoms with E-state index in [1.165, 1.54) is 0 Å². The number of hydrogen-bond acceptors (Lipinski definition) is 8. The van der Waals surface area contributed by atoms with E-state index in [1.54, 1.807) is 41.6 Å². The number of benzene rings is 1. The summed E-state index contributed by atoms with van der Waals surface area (Å²) in [6.07, 6.45) is 5.37. The Morgan fingerprint density at radius 2 is 2.12 bits per heavy atom. The van der Waals surface area contributed by atoms with Gasteiger partial charge in [-0.1, -0.05) is 30.0 Å². The average molecular weight is 466 g/mol. The van der Waals surface area contributed by atoms with E-state index in [1.807, 2.05) is 36.6 Å². The zero-order valence-electron chi connectivity index (χ0n) is 17.7. The predicted octanol–water partition coefficient (Wildman–Crippen LogP) is 4.68. The zero-order chi connectivity index (χ0) is 21.9. The van der Waals surface area contributed by atoms with Crippen LogP contribution in [-0.2, 0) is 5.75 Å². The number of furan rings is 1. The van der Waals surface area contributed by atoms with Gasteiger partial charge in [-0.25, -0.2) is 15.0 Å². The van der Waals surface area contributed by atoms with Gasteiger partial charge in [0.2, 0.25) is 5.95 Å². The fourth-order valence-corrected chi connectivity index (χ4v) is 5.82. The Kier molecular flexibility index (Phi) is 6.09. The molecule has 0 aliphatic carbocycles. The van der Waals surface area contributed by atoms with Crippen molar-refractivity contribution in [3.8, 4) is 0 Å². The largest absolute Gasteiger partial charge is 0.451 e. The van der Waals surface area contributed by atoms with E-state index in [2.05, 4.69) is 25.2 Å². The number of hydrogen-bond donors (Lipinski definition) is 1. The molecule has 1 atom stereocenters. The number of rotatable bonds is 6. The van der Waals surface area contributed by atoms with Crippen molar-refractivity contribution >= 4 is 45.9 Å². The van der Waals surface area contributed by atoms with Crippen molar-refractivity contribution in [3.63, 3.8) is 0 Å².